The quantitative estimate of drug-likeness (QED) is 0.837. The van der Waals surface area contributed by atoms with Crippen LogP contribution in [0.4, 0.5) is 0 Å². The van der Waals surface area contributed by atoms with Gasteiger partial charge in [0.25, 0.3) is 0 Å². The van der Waals surface area contributed by atoms with E-state index in [1.165, 1.54) is 0 Å². The number of nitrogens with zero attached hydrogens (tertiary/aromatic N) is 2. The SMILES string of the molecule is COc1ccccc1CC(=O)N1C[C@@H]2C[C@@]3(C)[C@H](CCC[C@@H]13)N2C(C)=O. The molecule has 2 bridgehead atoms. The number of likely N-dealkylation sites (tertiary alicyclic amines) is 2. The Balaban J connectivity index is 1.62. The minimum Gasteiger partial charge on any atom is -0.496 e. The molecule has 1 aliphatic carbocycles. The van der Waals surface area contributed by atoms with Crippen molar-refractivity contribution >= 4 is 11.8 Å². The van der Waals surface area contributed by atoms with Gasteiger partial charge in [0.2, 0.25) is 11.8 Å². The molecule has 1 aromatic rings. The van der Waals surface area contributed by atoms with Crippen molar-refractivity contribution in [1.29, 1.82) is 0 Å². The van der Waals surface area contributed by atoms with Crippen LogP contribution in [0.15, 0.2) is 24.3 Å². The molecule has 5 heteroatoms. The van der Waals surface area contributed by atoms with Gasteiger partial charge in [-0.15, -0.1) is 0 Å². The van der Waals surface area contributed by atoms with Crippen LogP contribution in [-0.4, -0.2) is 53.4 Å². The predicted octanol–water partition coefficient (Wildman–Crippen LogP) is 2.63. The Kier molecular flexibility index (Phi) is 4.20. The fourth-order valence-electron chi connectivity index (χ4n) is 5.86. The Morgan fingerprint density at radius 2 is 1.96 bits per heavy atom. The third-order valence-corrected chi connectivity index (χ3v) is 6.88. The highest BCUT2D eigenvalue weighted by molar-refractivity contribution is 5.81. The van der Waals surface area contributed by atoms with Crippen LogP contribution in [0.25, 0.3) is 0 Å². The van der Waals surface area contributed by atoms with Gasteiger partial charge in [0, 0.05) is 36.5 Å². The van der Waals surface area contributed by atoms with Crippen LogP contribution in [0.5, 0.6) is 5.75 Å². The first-order valence-corrected chi connectivity index (χ1v) is 9.66. The minimum atomic E-state index is 0.0310. The van der Waals surface area contributed by atoms with Gasteiger partial charge in [-0.2, -0.15) is 0 Å². The molecule has 2 heterocycles. The average Bonchev–Trinajstić information content (AvgIpc) is 2.91. The number of rotatable bonds is 3. The monoisotopic (exact) mass is 356 g/mol. The van der Waals surface area contributed by atoms with Gasteiger partial charge in [-0.25, -0.2) is 0 Å². The van der Waals surface area contributed by atoms with Gasteiger partial charge in [0.05, 0.1) is 19.6 Å². The zero-order valence-corrected chi connectivity index (χ0v) is 15.9. The lowest BCUT2D eigenvalue weighted by Crippen LogP contribution is -2.58. The highest BCUT2D eigenvalue weighted by atomic mass is 16.5. The van der Waals surface area contributed by atoms with E-state index < -0.39 is 0 Å². The van der Waals surface area contributed by atoms with Crippen molar-refractivity contribution in [1.82, 2.24) is 9.80 Å². The number of piperidine rings is 1. The smallest absolute Gasteiger partial charge is 0.227 e. The first-order valence-electron chi connectivity index (χ1n) is 9.66. The molecule has 140 valence electrons. The maximum atomic E-state index is 13.2. The van der Waals surface area contributed by atoms with Crippen LogP contribution in [-0.2, 0) is 16.0 Å². The topological polar surface area (TPSA) is 49.9 Å². The normalized spacial score (nSPS) is 32.5. The Morgan fingerprint density at radius 1 is 1.23 bits per heavy atom. The molecule has 0 radical (unpaired) electrons. The van der Waals surface area contributed by atoms with Gasteiger partial charge < -0.3 is 14.5 Å². The third-order valence-electron chi connectivity index (χ3n) is 6.88. The molecule has 4 rings (SSSR count). The molecule has 2 amide bonds. The fourth-order valence-corrected chi connectivity index (χ4v) is 5.86. The van der Waals surface area contributed by atoms with E-state index in [1.807, 2.05) is 24.3 Å². The van der Waals surface area contributed by atoms with Crippen molar-refractivity contribution in [3.63, 3.8) is 0 Å². The highest BCUT2D eigenvalue weighted by Gasteiger charge is 2.60. The number of carbonyl (C=O) groups excluding carboxylic acids is 2. The van der Waals surface area contributed by atoms with E-state index >= 15 is 0 Å². The van der Waals surface area contributed by atoms with Crippen molar-refractivity contribution in [2.45, 2.75) is 64.1 Å². The molecule has 0 N–H and O–H groups in total. The van der Waals surface area contributed by atoms with E-state index in [-0.39, 0.29) is 35.4 Å². The van der Waals surface area contributed by atoms with Crippen molar-refractivity contribution in [3.8, 4) is 5.75 Å². The van der Waals surface area contributed by atoms with Crippen LogP contribution in [0.2, 0.25) is 0 Å². The summed E-state index contributed by atoms with van der Waals surface area (Å²) < 4.78 is 5.41. The van der Waals surface area contributed by atoms with Crippen molar-refractivity contribution in [2.24, 2.45) is 5.41 Å². The molecule has 0 aromatic heterocycles. The van der Waals surface area contributed by atoms with Crippen LogP contribution < -0.4 is 4.74 Å². The van der Waals surface area contributed by atoms with E-state index in [4.69, 9.17) is 4.74 Å². The molecule has 1 saturated carbocycles. The molecular formula is C21H28N2O3. The molecule has 0 unspecified atom stereocenters. The fraction of sp³-hybridized carbons (Fsp3) is 0.619. The van der Waals surface area contributed by atoms with Gasteiger partial charge in [-0.05, 0) is 31.7 Å². The summed E-state index contributed by atoms with van der Waals surface area (Å²) in [4.78, 5) is 29.7. The first kappa shape index (κ1) is 17.4. The summed E-state index contributed by atoms with van der Waals surface area (Å²) in [6.45, 7) is 4.64. The molecule has 3 aliphatic rings. The minimum absolute atomic E-state index is 0.0310. The molecule has 2 saturated heterocycles. The lowest BCUT2D eigenvalue weighted by molar-refractivity contribution is -0.139. The largest absolute Gasteiger partial charge is 0.496 e. The number of methoxy groups -OCH3 is 1. The zero-order valence-electron chi connectivity index (χ0n) is 15.9. The molecule has 0 spiro atoms. The van der Waals surface area contributed by atoms with Gasteiger partial charge in [0.1, 0.15) is 5.75 Å². The maximum Gasteiger partial charge on any atom is 0.227 e. The summed E-state index contributed by atoms with van der Waals surface area (Å²) in [6, 6.07) is 8.42. The van der Waals surface area contributed by atoms with Crippen molar-refractivity contribution < 1.29 is 14.3 Å². The number of benzene rings is 1. The lowest BCUT2D eigenvalue weighted by Gasteiger charge is -2.50. The predicted molar refractivity (Wildman–Crippen MR) is 98.9 cm³/mol. The van der Waals surface area contributed by atoms with E-state index in [0.29, 0.717) is 13.0 Å². The summed E-state index contributed by atoms with van der Waals surface area (Å²) in [6.07, 6.45) is 4.58. The highest BCUT2D eigenvalue weighted by Crippen LogP contribution is 2.54. The van der Waals surface area contributed by atoms with Crippen LogP contribution in [0.1, 0.15) is 45.1 Å². The van der Waals surface area contributed by atoms with Crippen molar-refractivity contribution in [2.75, 3.05) is 13.7 Å². The number of amides is 2. The third kappa shape index (κ3) is 2.51. The number of fused-ring (bicyclic) bond motifs is 1. The molecule has 5 nitrogen and oxygen atoms in total. The van der Waals surface area contributed by atoms with Crippen LogP contribution >= 0.6 is 0 Å². The maximum absolute atomic E-state index is 13.2. The summed E-state index contributed by atoms with van der Waals surface area (Å²) in [7, 11) is 1.64. The summed E-state index contributed by atoms with van der Waals surface area (Å²) in [5.41, 5.74) is 0.961. The van der Waals surface area contributed by atoms with Gasteiger partial charge in [-0.1, -0.05) is 25.1 Å². The molecule has 1 aromatic carbocycles. The van der Waals surface area contributed by atoms with Crippen LogP contribution in [0.3, 0.4) is 0 Å². The Morgan fingerprint density at radius 3 is 2.69 bits per heavy atom. The first-order chi connectivity index (χ1) is 12.5. The molecule has 3 fully saturated rings. The Bertz CT molecular complexity index is 734. The number of hydrogen-bond donors (Lipinski definition) is 0. The second-order valence-electron chi connectivity index (χ2n) is 8.29. The van der Waals surface area contributed by atoms with Crippen LogP contribution in [0, 0.1) is 5.41 Å². The lowest BCUT2D eigenvalue weighted by atomic mass is 9.65. The molecule has 4 atom stereocenters. The van der Waals surface area contributed by atoms with E-state index in [2.05, 4.69) is 16.7 Å². The van der Waals surface area contributed by atoms with E-state index in [9.17, 15) is 9.59 Å². The van der Waals surface area contributed by atoms with Crippen molar-refractivity contribution in [3.05, 3.63) is 29.8 Å². The number of hydrogen-bond acceptors (Lipinski definition) is 3. The van der Waals surface area contributed by atoms with E-state index in [0.717, 1.165) is 37.0 Å². The molecule has 2 aliphatic heterocycles. The van der Waals surface area contributed by atoms with Gasteiger partial charge in [-0.3, -0.25) is 9.59 Å². The summed E-state index contributed by atoms with van der Waals surface area (Å²) in [5.74, 6) is 1.07. The van der Waals surface area contributed by atoms with Gasteiger partial charge >= 0.3 is 0 Å². The number of para-hydroxylation sites is 1. The Hall–Kier alpha value is -2.04. The average molecular weight is 356 g/mol. The van der Waals surface area contributed by atoms with E-state index in [1.54, 1.807) is 14.0 Å². The van der Waals surface area contributed by atoms with Gasteiger partial charge in [0.15, 0.2) is 0 Å². The molecule has 26 heavy (non-hydrogen) atoms. The number of carbonyl (C=O) groups is 2. The second kappa shape index (κ2) is 6.29. The Labute approximate surface area is 155 Å². The summed E-state index contributed by atoms with van der Waals surface area (Å²) in [5, 5.41) is 0. The molecular weight excluding hydrogens is 328 g/mol. The summed E-state index contributed by atoms with van der Waals surface area (Å²) >= 11 is 0. The number of ether oxygens (including phenoxy) is 1. The second-order valence-corrected chi connectivity index (χ2v) is 8.29. The zero-order chi connectivity index (χ0) is 18.5. The standard InChI is InChI=1S/C21H28N2O3/c1-14(24)23-16-12-21(2)18(9-6-10-19(21)23)22(13-16)20(25)11-15-7-4-5-8-17(15)26-3/h4-5,7-8,16,18-19H,6,9-13H2,1-3H3/t16-,18+,19-,21+/m0/s1.